The van der Waals surface area contributed by atoms with E-state index < -0.39 is 5.82 Å². The predicted molar refractivity (Wildman–Crippen MR) is 112 cm³/mol. The summed E-state index contributed by atoms with van der Waals surface area (Å²) in [7, 11) is 0. The number of nitrogens with zero attached hydrogens (tertiary/aromatic N) is 2. The molecule has 2 aromatic rings. The maximum atomic E-state index is 13.6. The summed E-state index contributed by atoms with van der Waals surface area (Å²) in [6.45, 7) is 4.28. The van der Waals surface area contributed by atoms with Crippen LogP contribution in [0.15, 0.2) is 60.3 Å². The van der Waals surface area contributed by atoms with Gasteiger partial charge in [0.2, 0.25) is 0 Å². The van der Waals surface area contributed by atoms with Gasteiger partial charge in [-0.2, -0.15) is 0 Å². The fraction of sp³-hybridized carbons (Fsp3) is 0.304. The fourth-order valence-electron chi connectivity index (χ4n) is 3.76. The molecule has 2 aliphatic rings. The first-order valence-electron chi connectivity index (χ1n) is 10.1. The predicted octanol–water partition coefficient (Wildman–Crippen LogP) is 2.74. The highest BCUT2D eigenvalue weighted by molar-refractivity contribution is 6.36. The number of ether oxygens (including phenoxy) is 1. The smallest absolute Gasteiger partial charge is 0.278 e. The molecule has 0 radical (unpaired) electrons. The summed E-state index contributed by atoms with van der Waals surface area (Å²) < 4.78 is 19.0. The van der Waals surface area contributed by atoms with E-state index in [0.717, 1.165) is 19.6 Å². The van der Waals surface area contributed by atoms with Gasteiger partial charge < -0.3 is 10.1 Å². The third kappa shape index (κ3) is 4.42. The zero-order valence-corrected chi connectivity index (χ0v) is 16.6. The molecule has 2 amide bonds. The van der Waals surface area contributed by atoms with E-state index in [1.807, 2.05) is 18.2 Å². The Labute approximate surface area is 174 Å². The van der Waals surface area contributed by atoms with Crippen LogP contribution in [0.5, 0.6) is 0 Å². The first-order chi connectivity index (χ1) is 14.6. The fourth-order valence-corrected chi connectivity index (χ4v) is 3.76. The quantitative estimate of drug-likeness (QED) is 0.713. The molecular formula is C23H24FN3O3. The monoisotopic (exact) mass is 409 g/mol. The van der Waals surface area contributed by atoms with Crippen molar-refractivity contribution in [2.75, 3.05) is 44.7 Å². The van der Waals surface area contributed by atoms with Crippen molar-refractivity contribution < 1.29 is 18.7 Å². The van der Waals surface area contributed by atoms with Gasteiger partial charge in [-0.25, -0.2) is 4.39 Å². The molecule has 2 aromatic carbocycles. The number of hydrogen-bond acceptors (Lipinski definition) is 5. The van der Waals surface area contributed by atoms with E-state index in [2.05, 4.69) is 10.2 Å². The molecule has 0 spiro atoms. The second kappa shape index (κ2) is 9.19. The highest BCUT2D eigenvalue weighted by atomic mass is 19.1. The van der Waals surface area contributed by atoms with Crippen molar-refractivity contribution in [2.24, 2.45) is 0 Å². The van der Waals surface area contributed by atoms with Crippen LogP contribution in [-0.2, 0) is 14.3 Å². The first-order valence-corrected chi connectivity index (χ1v) is 10.1. The number of benzene rings is 2. The molecule has 0 atom stereocenters. The first kappa shape index (κ1) is 20.3. The summed E-state index contributed by atoms with van der Waals surface area (Å²) in [6.07, 6.45) is 0.687. The Balaban J connectivity index is 1.54. The van der Waals surface area contributed by atoms with Crippen molar-refractivity contribution in [1.29, 1.82) is 0 Å². The van der Waals surface area contributed by atoms with E-state index in [9.17, 15) is 14.0 Å². The lowest BCUT2D eigenvalue weighted by Gasteiger charge is -2.27. The molecular weight excluding hydrogens is 385 g/mol. The van der Waals surface area contributed by atoms with E-state index in [-0.39, 0.29) is 17.5 Å². The Morgan fingerprint density at radius 3 is 2.43 bits per heavy atom. The van der Waals surface area contributed by atoms with Gasteiger partial charge >= 0.3 is 0 Å². The number of anilines is 1. The van der Waals surface area contributed by atoms with E-state index in [4.69, 9.17) is 4.74 Å². The summed E-state index contributed by atoms with van der Waals surface area (Å²) >= 11 is 0. The maximum absolute atomic E-state index is 13.6. The van der Waals surface area contributed by atoms with Crippen LogP contribution in [0.25, 0.3) is 5.57 Å². The Kier molecular flexibility index (Phi) is 6.21. The standard InChI is InChI=1S/C23H24FN3O3/c24-18-8-4-9-19(16-18)25-21-20(17-6-2-1-3-7-17)22(28)27(23(21)29)11-5-10-26-12-14-30-15-13-26/h1-4,6-9,16,25H,5,10-15H2. The number of nitrogens with one attached hydrogen (secondary N) is 1. The van der Waals surface area contributed by atoms with Gasteiger partial charge in [0.15, 0.2) is 0 Å². The van der Waals surface area contributed by atoms with Crippen LogP contribution >= 0.6 is 0 Å². The third-order valence-corrected chi connectivity index (χ3v) is 5.28. The number of halogens is 1. The maximum Gasteiger partial charge on any atom is 0.278 e. The van der Waals surface area contributed by atoms with Crippen molar-refractivity contribution >= 4 is 23.1 Å². The minimum Gasteiger partial charge on any atom is -0.379 e. The van der Waals surface area contributed by atoms with Crippen LogP contribution < -0.4 is 5.32 Å². The lowest BCUT2D eigenvalue weighted by atomic mass is 10.0. The zero-order valence-electron chi connectivity index (χ0n) is 16.6. The molecule has 0 unspecified atom stereocenters. The molecule has 0 bridgehead atoms. The number of rotatable bonds is 7. The molecule has 30 heavy (non-hydrogen) atoms. The topological polar surface area (TPSA) is 61.9 Å². The molecule has 2 heterocycles. The van der Waals surface area contributed by atoms with Gasteiger partial charge in [0.25, 0.3) is 11.8 Å². The number of hydrogen-bond donors (Lipinski definition) is 1. The number of imide groups is 1. The summed E-state index contributed by atoms with van der Waals surface area (Å²) in [5.74, 6) is -1.13. The highest BCUT2D eigenvalue weighted by Crippen LogP contribution is 2.30. The molecule has 0 saturated carbocycles. The average Bonchev–Trinajstić information content (AvgIpc) is 2.99. The van der Waals surface area contributed by atoms with Gasteiger partial charge in [-0.3, -0.25) is 19.4 Å². The van der Waals surface area contributed by atoms with Crippen molar-refractivity contribution in [2.45, 2.75) is 6.42 Å². The van der Waals surface area contributed by atoms with Crippen LogP contribution in [0.1, 0.15) is 12.0 Å². The minimum atomic E-state index is -0.416. The average molecular weight is 409 g/mol. The van der Waals surface area contributed by atoms with Crippen LogP contribution in [0, 0.1) is 5.82 Å². The molecule has 1 N–H and O–H groups in total. The normalized spacial score (nSPS) is 17.7. The van der Waals surface area contributed by atoms with Gasteiger partial charge in [0.05, 0.1) is 18.8 Å². The number of amides is 2. The Morgan fingerprint density at radius 1 is 0.933 bits per heavy atom. The SMILES string of the molecule is O=C1C(Nc2cccc(F)c2)=C(c2ccccc2)C(=O)N1CCCN1CCOCC1. The Morgan fingerprint density at radius 2 is 1.70 bits per heavy atom. The minimum absolute atomic E-state index is 0.183. The summed E-state index contributed by atoms with van der Waals surface area (Å²) in [5, 5.41) is 2.98. The molecule has 1 saturated heterocycles. The third-order valence-electron chi connectivity index (χ3n) is 5.28. The second-order valence-corrected chi connectivity index (χ2v) is 7.32. The number of morpholine rings is 1. The molecule has 6 nitrogen and oxygen atoms in total. The van der Waals surface area contributed by atoms with Crippen LogP contribution in [0.2, 0.25) is 0 Å². The number of carbonyl (C=O) groups excluding carboxylic acids is 2. The molecule has 1 fully saturated rings. The Bertz CT molecular complexity index is 955. The van der Waals surface area contributed by atoms with E-state index in [0.29, 0.717) is 43.0 Å². The van der Waals surface area contributed by atoms with Crippen molar-refractivity contribution in [1.82, 2.24) is 9.80 Å². The highest BCUT2D eigenvalue weighted by Gasteiger charge is 2.38. The lowest BCUT2D eigenvalue weighted by molar-refractivity contribution is -0.136. The second-order valence-electron chi connectivity index (χ2n) is 7.32. The van der Waals surface area contributed by atoms with E-state index in [1.165, 1.54) is 17.0 Å². The van der Waals surface area contributed by atoms with Crippen molar-refractivity contribution in [3.63, 3.8) is 0 Å². The lowest BCUT2D eigenvalue weighted by Crippen LogP contribution is -2.39. The van der Waals surface area contributed by atoms with Gasteiger partial charge in [-0.15, -0.1) is 0 Å². The van der Waals surface area contributed by atoms with Crippen molar-refractivity contribution in [3.8, 4) is 0 Å². The van der Waals surface area contributed by atoms with Gasteiger partial charge in [-0.1, -0.05) is 36.4 Å². The molecule has 4 rings (SSSR count). The van der Waals surface area contributed by atoms with Crippen LogP contribution in [0.3, 0.4) is 0 Å². The Hall–Kier alpha value is -3.03. The van der Waals surface area contributed by atoms with E-state index >= 15 is 0 Å². The zero-order chi connectivity index (χ0) is 20.9. The van der Waals surface area contributed by atoms with Gasteiger partial charge in [-0.05, 0) is 30.2 Å². The van der Waals surface area contributed by atoms with E-state index in [1.54, 1.807) is 24.3 Å². The largest absolute Gasteiger partial charge is 0.379 e. The van der Waals surface area contributed by atoms with Gasteiger partial charge in [0.1, 0.15) is 11.5 Å². The van der Waals surface area contributed by atoms with Gasteiger partial charge in [0, 0.05) is 31.9 Å². The van der Waals surface area contributed by atoms with Crippen LogP contribution in [-0.4, -0.2) is 61.0 Å². The summed E-state index contributed by atoms with van der Waals surface area (Å²) in [6, 6.07) is 14.9. The molecule has 0 aliphatic carbocycles. The summed E-state index contributed by atoms with van der Waals surface area (Å²) in [4.78, 5) is 29.8. The molecule has 7 heteroatoms. The molecule has 2 aliphatic heterocycles. The number of carbonyl (C=O) groups is 2. The van der Waals surface area contributed by atoms with Crippen LogP contribution in [0.4, 0.5) is 10.1 Å². The molecule has 0 aromatic heterocycles. The summed E-state index contributed by atoms with van der Waals surface area (Å²) in [5.41, 5.74) is 1.58. The molecule has 156 valence electrons. The van der Waals surface area contributed by atoms with Crippen molar-refractivity contribution in [3.05, 3.63) is 71.7 Å².